The van der Waals surface area contributed by atoms with Gasteiger partial charge in [-0.1, -0.05) is 18.2 Å². The molecule has 158 valence electrons. The van der Waals surface area contributed by atoms with Crippen LogP contribution < -0.4 is 24.0 Å². The average molecular weight is 422 g/mol. The van der Waals surface area contributed by atoms with E-state index in [4.69, 9.17) is 9.47 Å². The Kier molecular flexibility index (Phi) is 7.72. The smallest absolute Gasteiger partial charge is 0.240 e. The van der Waals surface area contributed by atoms with Gasteiger partial charge in [0.25, 0.3) is 0 Å². The van der Waals surface area contributed by atoms with E-state index in [1.165, 1.54) is 14.2 Å². The molecule has 0 radical (unpaired) electrons. The number of hydrogen-bond donors (Lipinski definition) is 1. The number of nitrogens with one attached hydrogen (secondary N) is 1. The number of likely N-dealkylation sites (N-methyl/N-ethyl adjacent to an activating group) is 1. The third kappa shape index (κ3) is 6.28. The SMILES string of the molecule is COc1ccc(N(CC(=O)NCCN(C)c2ccccc2)S(C)(=O)=O)c(OC)c1. The van der Waals surface area contributed by atoms with Crippen LogP contribution in [0, 0.1) is 0 Å². The lowest BCUT2D eigenvalue weighted by molar-refractivity contribution is -0.119. The minimum Gasteiger partial charge on any atom is -0.497 e. The molecule has 2 rings (SSSR count). The summed E-state index contributed by atoms with van der Waals surface area (Å²) >= 11 is 0. The van der Waals surface area contributed by atoms with Gasteiger partial charge in [0.05, 0.1) is 26.2 Å². The van der Waals surface area contributed by atoms with Gasteiger partial charge in [-0.25, -0.2) is 8.42 Å². The fourth-order valence-electron chi connectivity index (χ4n) is 2.73. The predicted molar refractivity (Wildman–Crippen MR) is 114 cm³/mol. The first-order valence-corrected chi connectivity index (χ1v) is 10.8. The van der Waals surface area contributed by atoms with Crippen molar-refractivity contribution in [3.63, 3.8) is 0 Å². The fourth-order valence-corrected chi connectivity index (χ4v) is 3.59. The van der Waals surface area contributed by atoms with E-state index < -0.39 is 15.9 Å². The number of methoxy groups -OCH3 is 2. The van der Waals surface area contributed by atoms with Crippen molar-refractivity contribution >= 4 is 27.3 Å². The molecule has 0 saturated heterocycles. The molecule has 0 saturated carbocycles. The zero-order chi connectivity index (χ0) is 21.4. The van der Waals surface area contributed by atoms with Crippen molar-refractivity contribution < 1.29 is 22.7 Å². The van der Waals surface area contributed by atoms with E-state index in [0.717, 1.165) is 16.2 Å². The van der Waals surface area contributed by atoms with Crippen LogP contribution in [0.25, 0.3) is 0 Å². The Labute approximate surface area is 172 Å². The number of anilines is 2. The number of ether oxygens (including phenoxy) is 2. The van der Waals surface area contributed by atoms with Gasteiger partial charge in [0, 0.05) is 31.9 Å². The Bertz CT molecular complexity index is 919. The second-order valence-corrected chi connectivity index (χ2v) is 8.32. The van der Waals surface area contributed by atoms with E-state index in [9.17, 15) is 13.2 Å². The minimum atomic E-state index is -3.71. The Hall–Kier alpha value is -2.94. The van der Waals surface area contributed by atoms with Gasteiger partial charge in [0.2, 0.25) is 15.9 Å². The average Bonchev–Trinajstić information content (AvgIpc) is 2.71. The molecule has 0 unspecified atom stereocenters. The molecule has 0 bridgehead atoms. The van der Waals surface area contributed by atoms with Gasteiger partial charge in [-0.2, -0.15) is 0 Å². The van der Waals surface area contributed by atoms with Crippen LogP contribution in [-0.4, -0.2) is 61.5 Å². The van der Waals surface area contributed by atoms with Crippen LogP contribution in [0.15, 0.2) is 48.5 Å². The van der Waals surface area contributed by atoms with Gasteiger partial charge < -0.3 is 19.7 Å². The van der Waals surface area contributed by atoms with Gasteiger partial charge in [-0.15, -0.1) is 0 Å². The lowest BCUT2D eigenvalue weighted by Gasteiger charge is -2.24. The summed E-state index contributed by atoms with van der Waals surface area (Å²) in [5.41, 5.74) is 1.30. The highest BCUT2D eigenvalue weighted by atomic mass is 32.2. The van der Waals surface area contributed by atoms with Crippen LogP contribution in [-0.2, 0) is 14.8 Å². The van der Waals surface area contributed by atoms with Crippen molar-refractivity contribution in [3.05, 3.63) is 48.5 Å². The van der Waals surface area contributed by atoms with E-state index in [1.807, 2.05) is 42.3 Å². The number of rotatable bonds is 10. The molecule has 0 aliphatic carbocycles. The highest BCUT2D eigenvalue weighted by Gasteiger charge is 2.24. The first-order valence-electron chi connectivity index (χ1n) is 8.99. The van der Waals surface area contributed by atoms with E-state index in [0.29, 0.717) is 24.6 Å². The summed E-state index contributed by atoms with van der Waals surface area (Å²) in [6.07, 6.45) is 1.05. The molecule has 0 aromatic heterocycles. The molecule has 9 heteroatoms. The van der Waals surface area contributed by atoms with E-state index >= 15 is 0 Å². The standard InChI is InChI=1S/C20H27N3O5S/c1-22(16-8-6-5-7-9-16)13-12-21-20(24)15-23(29(4,25)26)18-11-10-17(27-2)14-19(18)28-3/h5-11,14H,12-13,15H2,1-4H3,(H,21,24). The molecule has 0 aliphatic rings. The highest BCUT2D eigenvalue weighted by molar-refractivity contribution is 7.92. The second-order valence-electron chi connectivity index (χ2n) is 6.41. The summed E-state index contributed by atoms with van der Waals surface area (Å²) in [7, 11) is 1.15. The van der Waals surface area contributed by atoms with Crippen LogP contribution in [0.3, 0.4) is 0 Å². The molecule has 8 nitrogen and oxygen atoms in total. The van der Waals surface area contributed by atoms with Gasteiger partial charge in [-0.05, 0) is 24.3 Å². The van der Waals surface area contributed by atoms with Crippen LogP contribution in [0.5, 0.6) is 11.5 Å². The number of para-hydroxylation sites is 1. The van der Waals surface area contributed by atoms with Gasteiger partial charge in [0.1, 0.15) is 18.0 Å². The largest absolute Gasteiger partial charge is 0.497 e. The number of carbonyl (C=O) groups is 1. The second kappa shape index (κ2) is 10.0. The molecule has 1 amide bonds. The zero-order valence-electron chi connectivity index (χ0n) is 17.1. The Balaban J connectivity index is 2.04. The van der Waals surface area contributed by atoms with Crippen molar-refractivity contribution in [2.75, 3.05) is 56.4 Å². The van der Waals surface area contributed by atoms with Crippen LogP contribution >= 0.6 is 0 Å². The maximum atomic E-state index is 12.4. The topological polar surface area (TPSA) is 88.2 Å². The number of amides is 1. The number of sulfonamides is 1. The maximum absolute atomic E-state index is 12.4. The van der Waals surface area contributed by atoms with Gasteiger partial charge in [-0.3, -0.25) is 9.10 Å². The highest BCUT2D eigenvalue weighted by Crippen LogP contribution is 2.33. The lowest BCUT2D eigenvalue weighted by atomic mass is 10.2. The van der Waals surface area contributed by atoms with Gasteiger partial charge in [0.15, 0.2) is 0 Å². The predicted octanol–water partition coefficient (Wildman–Crippen LogP) is 1.72. The fraction of sp³-hybridized carbons (Fsp3) is 0.350. The normalized spacial score (nSPS) is 10.9. The van der Waals surface area contributed by atoms with E-state index in [1.54, 1.807) is 18.2 Å². The molecular formula is C20H27N3O5S. The van der Waals surface area contributed by atoms with E-state index in [-0.39, 0.29) is 12.2 Å². The molecule has 0 fully saturated rings. The van der Waals surface area contributed by atoms with Crippen molar-refractivity contribution in [1.82, 2.24) is 5.32 Å². The number of nitrogens with zero attached hydrogens (tertiary/aromatic N) is 2. The molecule has 1 N–H and O–H groups in total. The molecule has 0 atom stereocenters. The molecular weight excluding hydrogens is 394 g/mol. The summed E-state index contributed by atoms with van der Waals surface area (Å²) in [5.74, 6) is 0.411. The number of hydrogen-bond acceptors (Lipinski definition) is 6. The van der Waals surface area contributed by atoms with Crippen molar-refractivity contribution in [1.29, 1.82) is 0 Å². The zero-order valence-corrected chi connectivity index (χ0v) is 17.9. The van der Waals surface area contributed by atoms with Crippen LogP contribution in [0.1, 0.15) is 0 Å². The molecule has 0 spiro atoms. The van der Waals surface area contributed by atoms with Crippen LogP contribution in [0.4, 0.5) is 11.4 Å². The first kappa shape index (κ1) is 22.4. The Morgan fingerprint density at radius 1 is 1.07 bits per heavy atom. The van der Waals surface area contributed by atoms with E-state index in [2.05, 4.69) is 5.32 Å². The Morgan fingerprint density at radius 3 is 2.34 bits per heavy atom. The lowest BCUT2D eigenvalue weighted by Crippen LogP contribution is -2.42. The monoisotopic (exact) mass is 421 g/mol. The Morgan fingerprint density at radius 2 is 1.76 bits per heavy atom. The summed E-state index contributed by atoms with van der Waals surface area (Å²) in [4.78, 5) is 14.4. The summed E-state index contributed by atoms with van der Waals surface area (Å²) < 4.78 is 36.1. The van der Waals surface area contributed by atoms with Crippen molar-refractivity contribution in [2.24, 2.45) is 0 Å². The van der Waals surface area contributed by atoms with Crippen molar-refractivity contribution in [3.8, 4) is 11.5 Å². The van der Waals surface area contributed by atoms with Crippen LogP contribution in [0.2, 0.25) is 0 Å². The van der Waals surface area contributed by atoms with Crippen molar-refractivity contribution in [2.45, 2.75) is 0 Å². The third-order valence-corrected chi connectivity index (χ3v) is 5.44. The third-order valence-electron chi connectivity index (χ3n) is 4.31. The molecule has 0 heterocycles. The summed E-state index contributed by atoms with van der Waals surface area (Å²) in [5, 5.41) is 2.76. The molecule has 29 heavy (non-hydrogen) atoms. The minimum absolute atomic E-state index is 0.271. The molecule has 2 aromatic rings. The molecule has 0 aliphatic heterocycles. The summed E-state index contributed by atoms with van der Waals surface area (Å²) in [6, 6.07) is 14.5. The number of carbonyl (C=O) groups excluding carboxylic acids is 1. The number of benzene rings is 2. The molecule has 2 aromatic carbocycles. The quantitative estimate of drug-likeness (QED) is 0.629. The van der Waals surface area contributed by atoms with Gasteiger partial charge >= 0.3 is 0 Å². The first-order chi connectivity index (χ1) is 13.8. The maximum Gasteiger partial charge on any atom is 0.240 e. The summed E-state index contributed by atoms with van der Waals surface area (Å²) in [6.45, 7) is 0.610.